The summed E-state index contributed by atoms with van der Waals surface area (Å²) in [6, 6.07) is 0. The van der Waals surface area contributed by atoms with Crippen LogP contribution in [0.1, 0.15) is 58.8 Å². The molecule has 0 aromatic rings. The van der Waals surface area contributed by atoms with E-state index in [1.165, 1.54) is 44.9 Å². The Labute approximate surface area is 88.2 Å². The summed E-state index contributed by atoms with van der Waals surface area (Å²) in [6.07, 6.45) is 9.56. The maximum Gasteiger partial charge on any atom is 0.0683 e. The molecular weight excluding hydrogens is 172 g/mol. The van der Waals surface area contributed by atoms with E-state index < -0.39 is 0 Å². The second kappa shape index (κ2) is 4.22. The average Bonchev–Trinajstić information content (AvgIpc) is 2.24. The van der Waals surface area contributed by atoms with Crippen molar-refractivity contribution in [2.24, 2.45) is 11.8 Å². The van der Waals surface area contributed by atoms with Crippen LogP contribution in [0.4, 0.5) is 0 Å². The van der Waals surface area contributed by atoms with E-state index >= 15 is 0 Å². The van der Waals surface area contributed by atoms with Gasteiger partial charge in [0.2, 0.25) is 0 Å². The average molecular weight is 196 g/mol. The van der Waals surface area contributed by atoms with Crippen LogP contribution in [0.25, 0.3) is 0 Å². The van der Waals surface area contributed by atoms with Crippen molar-refractivity contribution in [1.82, 2.24) is 0 Å². The van der Waals surface area contributed by atoms with Crippen molar-refractivity contribution in [3.8, 4) is 0 Å². The number of ether oxygens (including phenoxy) is 1. The summed E-state index contributed by atoms with van der Waals surface area (Å²) in [7, 11) is 0. The molecule has 0 amide bonds. The van der Waals surface area contributed by atoms with Crippen LogP contribution in [0.2, 0.25) is 0 Å². The molecule has 2 fully saturated rings. The van der Waals surface area contributed by atoms with Gasteiger partial charge >= 0.3 is 0 Å². The molecule has 2 aliphatic rings. The van der Waals surface area contributed by atoms with E-state index in [4.69, 9.17) is 4.74 Å². The second-order valence-corrected chi connectivity index (χ2v) is 5.49. The molecule has 0 radical (unpaired) electrons. The minimum absolute atomic E-state index is 0.318. The highest BCUT2D eigenvalue weighted by Crippen LogP contribution is 2.42. The minimum Gasteiger partial charge on any atom is -0.375 e. The molecule has 0 aromatic heterocycles. The highest BCUT2D eigenvalue weighted by molar-refractivity contribution is 4.89. The fraction of sp³-hybridized carbons (Fsp3) is 1.00. The normalized spacial score (nSPS) is 44.1. The van der Waals surface area contributed by atoms with Gasteiger partial charge in [-0.2, -0.15) is 0 Å². The van der Waals surface area contributed by atoms with Gasteiger partial charge in [0, 0.05) is 6.61 Å². The smallest absolute Gasteiger partial charge is 0.0683 e. The Hall–Kier alpha value is -0.0400. The molecule has 1 heterocycles. The van der Waals surface area contributed by atoms with Crippen molar-refractivity contribution < 1.29 is 4.74 Å². The number of hydrogen-bond acceptors (Lipinski definition) is 1. The van der Waals surface area contributed by atoms with Crippen LogP contribution in [0.3, 0.4) is 0 Å². The molecule has 1 aliphatic heterocycles. The van der Waals surface area contributed by atoms with Gasteiger partial charge in [-0.3, -0.25) is 0 Å². The molecule has 1 spiro atoms. The molecule has 1 saturated carbocycles. The minimum atomic E-state index is 0.318. The highest BCUT2D eigenvalue weighted by atomic mass is 16.5. The third-order valence-electron chi connectivity index (χ3n) is 4.36. The Bertz CT molecular complexity index is 170. The van der Waals surface area contributed by atoms with Crippen molar-refractivity contribution in [2.45, 2.75) is 64.4 Å². The second-order valence-electron chi connectivity index (χ2n) is 5.49. The summed E-state index contributed by atoms with van der Waals surface area (Å²) in [4.78, 5) is 0. The molecule has 2 rings (SSSR count). The Morgan fingerprint density at radius 1 is 1.14 bits per heavy atom. The van der Waals surface area contributed by atoms with Crippen LogP contribution < -0.4 is 0 Å². The van der Waals surface area contributed by atoms with Crippen molar-refractivity contribution in [1.29, 1.82) is 0 Å². The molecule has 1 heteroatoms. The first-order chi connectivity index (χ1) is 6.74. The number of rotatable bonds is 1. The van der Waals surface area contributed by atoms with Gasteiger partial charge in [0.25, 0.3) is 0 Å². The lowest BCUT2D eigenvalue weighted by Gasteiger charge is -2.44. The fourth-order valence-corrected chi connectivity index (χ4v) is 2.99. The SMILES string of the molecule is CCC1CCC2(CCC(C)CO2)CC1. The Morgan fingerprint density at radius 2 is 1.79 bits per heavy atom. The lowest BCUT2D eigenvalue weighted by molar-refractivity contribution is -0.123. The molecule has 1 atom stereocenters. The quantitative estimate of drug-likeness (QED) is 0.620. The van der Waals surface area contributed by atoms with E-state index in [2.05, 4.69) is 13.8 Å². The van der Waals surface area contributed by atoms with Crippen molar-refractivity contribution >= 4 is 0 Å². The summed E-state index contributed by atoms with van der Waals surface area (Å²) in [5.41, 5.74) is 0.318. The zero-order valence-electron chi connectivity index (χ0n) is 9.72. The summed E-state index contributed by atoms with van der Waals surface area (Å²) in [5, 5.41) is 0. The monoisotopic (exact) mass is 196 g/mol. The van der Waals surface area contributed by atoms with Gasteiger partial charge in [-0.25, -0.2) is 0 Å². The zero-order chi connectivity index (χ0) is 10.0. The van der Waals surface area contributed by atoms with Gasteiger partial charge in [-0.1, -0.05) is 20.3 Å². The summed E-state index contributed by atoms with van der Waals surface area (Å²) in [5.74, 6) is 1.79. The fourth-order valence-electron chi connectivity index (χ4n) is 2.99. The molecule has 82 valence electrons. The molecule has 0 bridgehead atoms. The van der Waals surface area contributed by atoms with Gasteiger partial charge in [0.1, 0.15) is 0 Å². The summed E-state index contributed by atoms with van der Waals surface area (Å²) < 4.78 is 6.11. The van der Waals surface area contributed by atoms with Crippen LogP contribution in [0, 0.1) is 11.8 Å². The van der Waals surface area contributed by atoms with Crippen LogP contribution >= 0.6 is 0 Å². The Morgan fingerprint density at radius 3 is 2.29 bits per heavy atom. The molecular formula is C13H24O. The molecule has 14 heavy (non-hydrogen) atoms. The van der Waals surface area contributed by atoms with Crippen molar-refractivity contribution in [3.63, 3.8) is 0 Å². The first kappa shape index (κ1) is 10.5. The van der Waals surface area contributed by atoms with E-state index in [9.17, 15) is 0 Å². The molecule has 0 N–H and O–H groups in total. The summed E-state index contributed by atoms with van der Waals surface area (Å²) in [6.45, 7) is 5.65. The molecule has 0 aromatic carbocycles. The maximum absolute atomic E-state index is 6.11. The predicted molar refractivity (Wildman–Crippen MR) is 59.3 cm³/mol. The van der Waals surface area contributed by atoms with E-state index in [0.717, 1.165) is 18.4 Å². The third kappa shape index (κ3) is 2.13. The third-order valence-corrected chi connectivity index (χ3v) is 4.36. The van der Waals surface area contributed by atoms with Gasteiger partial charge in [-0.15, -0.1) is 0 Å². The number of hydrogen-bond donors (Lipinski definition) is 0. The zero-order valence-corrected chi connectivity index (χ0v) is 9.72. The molecule has 1 saturated heterocycles. The first-order valence-electron chi connectivity index (χ1n) is 6.38. The van der Waals surface area contributed by atoms with E-state index in [-0.39, 0.29) is 0 Å². The Kier molecular flexibility index (Phi) is 3.16. The van der Waals surface area contributed by atoms with E-state index in [1.807, 2.05) is 0 Å². The van der Waals surface area contributed by atoms with E-state index in [0.29, 0.717) is 5.60 Å². The lowest BCUT2D eigenvalue weighted by atomic mass is 9.73. The maximum atomic E-state index is 6.11. The lowest BCUT2D eigenvalue weighted by Crippen LogP contribution is -2.41. The predicted octanol–water partition coefficient (Wildman–Crippen LogP) is 3.77. The molecule has 1 aliphatic carbocycles. The topological polar surface area (TPSA) is 9.23 Å². The van der Waals surface area contributed by atoms with Crippen LogP contribution in [0.5, 0.6) is 0 Å². The van der Waals surface area contributed by atoms with Gasteiger partial charge < -0.3 is 4.74 Å². The van der Waals surface area contributed by atoms with Gasteiger partial charge in [-0.05, 0) is 50.4 Å². The standard InChI is InChI=1S/C13H24O/c1-3-12-5-8-13(9-6-12)7-4-11(2)10-14-13/h11-12H,3-10H2,1-2H3. The van der Waals surface area contributed by atoms with Gasteiger partial charge in [0.15, 0.2) is 0 Å². The highest BCUT2D eigenvalue weighted by Gasteiger charge is 2.38. The van der Waals surface area contributed by atoms with Crippen LogP contribution in [0.15, 0.2) is 0 Å². The Balaban J connectivity index is 1.86. The van der Waals surface area contributed by atoms with Crippen LogP contribution in [-0.4, -0.2) is 12.2 Å². The molecule has 1 unspecified atom stereocenters. The van der Waals surface area contributed by atoms with Gasteiger partial charge in [0.05, 0.1) is 5.60 Å². The van der Waals surface area contributed by atoms with Crippen LogP contribution in [-0.2, 0) is 4.74 Å². The van der Waals surface area contributed by atoms with Crippen molar-refractivity contribution in [3.05, 3.63) is 0 Å². The van der Waals surface area contributed by atoms with E-state index in [1.54, 1.807) is 0 Å². The largest absolute Gasteiger partial charge is 0.375 e. The molecule has 1 nitrogen and oxygen atoms in total. The summed E-state index contributed by atoms with van der Waals surface area (Å²) >= 11 is 0. The van der Waals surface area contributed by atoms with Crippen molar-refractivity contribution in [2.75, 3.05) is 6.61 Å². The first-order valence-corrected chi connectivity index (χ1v) is 6.38.